The van der Waals surface area contributed by atoms with Gasteiger partial charge >= 0.3 is 0 Å². The molecular weight excluding hydrogens is 410 g/mol. The molecule has 1 saturated heterocycles. The molecule has 0 radical (unpaired) electrons. The first kappa shape index (κ1) is 23.4. The summed E-state index contributed by atoms with van der Waals surface area (Å²) in [5.74, 6) is 1.87. The number of carbonyl (C=O) groups is 2. The SMILES string of the molecule is COc1ccc(CC(=O)N2CCN(C)C(CC(=O)Nc3ccc(OC)c(OC)c3)C2)cc1. The van der Waals surface area contributed by atoms with Crippen molar-refractivity contribution >= 4 is 17.5 Å². The van der Waals surface area contributed by atoms with Crippen LogP contribution >= 0.6 is 0 Å². The summed E-state index contributed by atoms with van der Waals surface area (Å²) in [4.78, 5) is 29.5. The lowest BCUT2D eigenvalue weighted by molar-refractivity contribution is -0.134. The molecule has 1 fully saturated rings. The average Bonchev–Trinajstić information content (AvgIpc) is 2.80. The van der Waals surface area contributed by atoms with Crippen LogP contribution in [0.2, 0.25) is 0 Å². The van der Waals surface area contributed by atoms with Crippen LogP contribution in [0, 0.1) is 0 Å². The number of hydrogen-bond donors (Lipinski definition) is 1. The zero-order chi connectivity index (χ0) is 23.1. The largest absolute Gasteiger partial charge is 0.497 e. The van der Waals surface area contributed by atoms with Crippen LogP contribution in [0.5, 0.6) is 17.2 Å². The van der Waals surface area contributed by atoms with Crippen molar-refractivity contribution in [3.05, 3.63) is 48.0 Å². The van der Waals surface area contributed by atoms with Crippen LogP contribution in [0.25, 0.3) is 0 Å². The molecule has 1 N–H and O–H groups in total. The van der Waals surface area contributed by atoms with E-state index in [1.54, 1.807) is 39.5 Å². The maximum absolute atomic E-state index is 12.8. The van der Waals surface area contributed by atoms with Gasteiger partial charge in [-0.1, -0.05) is 12.1 Å². The highest BCUT2D eigenvalue weighted by Crippen LogP contribution is 2.30. The maximum Gasteiger partial charge on any atom is 0.227 e. The minimum Gasteiger partial charge on any atom is -0.497 e. The predicted molar refractivity (Wildman–Crippen MR) is 122 cm³/mol. The van der Waals surface area contributed by atoms with E-state index >= 15 is 0 Å². The van der Waals surface area contributed by atoms with E-state index in [4.69, 9.17) is 14.2 Å². The minimum atomic E-state index is -0.112. The van der Waals surface area contributed by atoms with E-state index in [0.29, 0.717) is 36.7 Å². The van der Waals surface area contributed by atoms with E-state index in [0.717, 1.165) is 17.9 Å². The van der Waals surface area contributed by atoms with Gasteiger partial charge in [0, 0.05) is 43.9 Å². The van der Waals surface area contributed by atoms with Crippen molar-refractivity contribution in [3.63, 3.8) is 0 Å². The molecule has 32 heavy (non-hydrogen) atoms. The zero-order valence-electron chi connectivity index (χ0n) is 19.1. The summed E-state index contributed by atoms with van der Waals surface area (Å²) in [6.07, 6.45) is 0.620. The first-order chi connectivity index (χ1) is 15.4. The van der Waals surface area contributed by atoms with Gasteiger partial charge in [0.05, 0.1) is 27.8 Å². The number of amides is 2. The maximum atomic E-state index is 12.8. The quantitative estimate of drug-likeness (QED) is 0.678. The Labute approximate surface area is 189 Å². The third kappa shape index (κ3) is 5.91. The number of likely N-dealkylation sites (N-methyl/N-ethyl adjacent to an activating group) is 1. The van der Waals surface area contributed by atoms with E-state index in [9.17, 15) is 9.59 Å². The van der Waals surface area contributed by atoms with E-state index in [2.05, 4.69) is 10.2 Å². The molecular formula is C24H31N3O5. The van der Waals surface area contributed by atoms with Crippen molar-refractivity contribution in [3.8, 4) is 17.2 Å². The number of benzene rings is 2. The summed E-state index contributed by atoms with van der Waals surface area (Å²) in [7, 11) is 6.72. The standard InChI is InChI=1S/C24H31N3O5/c1-26-11-12-27(24(29)13-17-5-8-20(30-2)9-6-17)16-19(26)15-23(28)25-18-7-10-21(31-3)22(14-18)32-4/h5-10,14,19H,11-13,15-16H2,1-4H3,(H,25,28). The van der Waals surface area contributed by atoms with Crippen LogP contribution < -0.4 is 19.5 Å². The normalized spacial score (nSPS) is 16.4. The number of hydrogen-bond acceptors (Lipinski definition) is 6. The van der Waals surface area contributed by atoms with Gasteiger partial charge in [-0.05, 0) is 36.9 Å². The van der Waals surface area contributed by atoms with E-state index in [-0.39, 0.29) is 24.3 Å². The van der Waals surface area contributed by atoms with Gasteiger partial charge in [-0.15, -0.1) is 0 Å². The highest BCUT2D eigenvalue weighted by molar-refractivity contribution is 5.91. The predicted octanol–water partition coefficient (Wildman–Crippen LogP) is 2.43. The highest BCUT2D eigenvalue weighted by atomic mass is 16.5. The molecule has 0 spiro atoms. The molecule has 0 bridgehead atoms. The van der Waals surface area contributed by atoms with Crippen LogP contribution in [0.4, 0.5) is 5.69 Å². The fraction of sp³-hybridized carbons (Fsp3) is 0.417. The summed E-state index contributed by atoms with van der Waals surface area (Å²) in [5.41, 5.74) is 1.58. The first-order valence-electron chi connectivity index (χ1n) is 10.6. The van der Waals surface area contributed by atoms with E-state index < -0.39 is 0 Å². The van der Waals surface area contributed by atoms with Crippen LogP contribution in [0.3, 0.4) is 0 Å². The van der Waals surface area contributed by atoms with Crippen molar-refractivity contribution in [1.29, 1.82) is 0 Å². The molecule has 8 nitrogen and oxygen atoms in total. The number of carbonyl (C=O) groups excluding carboxylic acids is 2. The smallest absolute Gasteiger partial charge is 0.227 e. The van der Waals surface area contributed by atoms with Crippen LogP contribution in [-0.4, -0.2) is 75.7 Å². The average molecular weight is 442 g/mol. The molecule has 2 aromatic carbocycles. The van der Waals surface area contributed by atoms with Crippen molar-refractivity contribution in [1.82, 2.24) is 9.80 Å². The number of nitrogens with one attached hydrogen (secondary N) is 1. The lowest BCUT2D eigenvalue weighted by atomic mass is 10.1. The number of methoxy groups -OCH3 is 3. The lowest BCUT2D eigenvalue weighted by Crippen LogP contribution is -2.54. The van der Waals surface area contributed by atoms with Gasteiger partial charge in [-0.25, -0.2) is 0 Å². The van der Waals surface area contributed by atoms with Crippen LogP contribution in [0.1, 0.15) is 12.0 Å². The number of piperazine rings is 1. The Morgan fingerprint density at radius 2 is 1.69 bits per heavy atom. The number of ether oxygens (including phenoxy) is 3. The zero-order valence-corrected chi connectivity index (χ0v) is 19.1. The second-order valence-corrected chi connectivity index (χ2v) is 7.82. The molecule has 1 aliphatic rings. The highest BCUT2D eigenvalue weighted by Gasteiger charge is 2.29. The number of nitrogens with zero attached hydrogens (tertiary/aromatic N) is 2. The fourth-order valence-corrected chi connectivity index (χ4v) is 3.76. The third-order valence-corrected chi connectivity index (χ3v) is 5.73. The minimum absolute atomic E-state index is 0.0521. The second-order valence-electron chi connectivity index (χ2n) is 7.82. The summed E-state index contributed by atoms with van der Waals surface area (Å²) in [6.45, 7) is 1.90. The molecule has 1 heterocycles. The van der Waals surface area contributed by atoms with E-state index in [1.807, 2.05) is 36.2 Å². The molecule has 1 aliphatic heterocycles. The fourth-order valence-electron chi connectivity index (χ4n) is 3.76. The molecule has 0 saturated carbocycles. The summed E-state index contributed by atoms with van der Waals surface area (Å²) >= 11 is 0. The Kier molecular flexibility index (Phi) is 7.94. The van der Waals surface area contributed by atoms with Gasteiger partial charge in [0.1, 0.15) is 5.75 Å². The van der Waals surface area contributed by atoms with Gasteiger partial charge in [-0.3, -0.25) is 14.5 Å². The monoisotopic (exact) mass is 441 g/mol. The van der Waals surface area contributed by atoms with Crippen LogP contribution in [0.15, 0.2) is 42.5 Å². The van der Waals surface area contributed by atoms with Gasteiger partial charge < -0.3 is 24.4 Å². The molecule has 172 valence electrons. The van der Waals surface area contributed by atoms with E-state index in [1.165, 1.54) is 0 Å². The molecule has 8 heteroatoms. The number of anilines is 1. The molecule has 0 aromatic heterocycles. The van der Waals surface area contributed by atoms with Crippen molar-refractivity contribution in [2.45, 2.75) is 18.9 Å². The summed E-state index contributed by atoms with van der Waals surface area (Å²) < 4.78 is 15.7. The van der Waals surface area contributed by atoms with Gasteiger partial charge in [0.15, 0.2) is 11.5 Å². The lowest BCUT2D eigenvalue weighted by Gasteiger charge is -2.39. The Morgan fingerprint density at radius 1 is 0.969 bits per heavy atom. The molecule has 0 aliphatic carbocycles. The Balaban J connectivity index is 1.57. The summed E-state index contributed by atoms with van der Waals surface area (Å²) in [5, 5.41) is 2.91. The molecule has 2 aromatic rings. The Hall–Kier alpha value is -3.26. The van der Waals surface area contributed by atoms with Crippen LogP contribution in [-0.2, 0) is 16.0 Å². The van der Waals surface area contributed by atoms with Crippen molar-refractivity contribution < 1.29 is 23.8 Å². The number of rotatable bonds is 8. The Bertz CT molecular complexity index is 932. The third-order valence-electron chi connectivity index (χ3n) is 5.73. The topological polar surface area (TPSA) is 80.3 Å². The van der Waals surface area contributed by atoms with Crippen molar-refractivity contribution in [2.24, 2.45) is 0 Å². The van der Waals surface area contributed by atoms with Gasteiger partial charge in [-0.2, -0.15) is 0 Å². The molecule has 3 rings (SSSR count). The van der Waals surface area contributed by atoms with Gasteiger partial charge in [0.2, 0.25) is 11.8 Å². The first-order valence-corrected chi connectivity index (χ1v) is 10.6. The summed E-state index contributed by atoms with van der Waals surface area (Å²) in [6, 6.07) is 12.7. The molecule has 1 unspecified atom stereocenters. The van der Waals surface area contributed by atoms with Gasteiger partial charge in [0.25, 0.3) is 0 Å². The van der Waals surface area contributed by atoms with Crippen molar-refractivity contribution in [2.75, 3.05) is 53.3 Å². The Morgan fingerprint density at radius 3 is 2.34 bits per heavy atom. The molecule has 2 amide bonds. The second kappa shape index (κ2) is 10.9. The molecule has 1 atom stereocenters.